The van der Waals surface area contributed by atoms with Crippen LogP contribution in [0.4, 0.5) is 5.69 Å². The molecule has 23 heavy (non-hydrogen) atoms. The molecule has 1 aliphatic rings. The molecule has 0 atom stereocenters. The number of benzene rings is 2. The average molecular weight is 313 g/mol. The van der Waals surface area contributed by atoms with E-state index in [-0.39, 0.29) is 17.0 Å². The minimum atomic E-state index is -0.545. The summed E-state index contributed by atoms with van der Waals surface area (Å²) in [4.78, 5) is 22.3. The predicted molar refractivity (Wildman–Crippen MR) is 88.7 cm³/mol. The van der Waals surface area contributed by atoms with E-state index in [0.717, 1.165) is 26.2 Å². The Morgan fingerprint density at radius 3 is 1.91 bits per heavy atom. The molecule has 2 N–H and O–H groups in total. The molecule has 1 fully saturated rings. The maximum Gasteiger partial charge on any atom is 0.280 e. The van der Waals surface area contributed by atoms with Gasteiger partial charge in [0, 0.05) is 37.8 Å². The topological polar surface area (TPSA) is 84.3 Å². The zero-order valence-electron chi connectivity index (χ0n) is 12.7. The average Bonchev–Trinajstić information content (AvgIpc) is 2.64. The van der Waals surface area contributed by atoms with E-state index in [1.165, 1.54) is 12.1 Å². The lowest BCUT2D eigenvalue weighted by Gasteiger charge is -2.11. The number of nitro benzene ring substituents is 1. The summed E-state index contributed by atoms with van der Waals surface area (Å²) in [6, 6.07) is 14.5. The number of hydrogen-bond donors (Lipinski definition) is 2. The molecule has 1 heterocycles. The maximum absolute atomic E-state index is 12.1. The van der Waals surface area contributed by atoms with Crippen molar-refractivity contribution in [2.24, 2.45) is 0 Å². The Hall–Kier alpha value is -2.57. The SMILES string of the molecule is C1CNCCN1.O=C(c1ccccc1)c1ccccc1[N+](=O)[O-]. The molecular weight excluding hydrogens is 294 g/mol. The van der Waals surface area contributed by atoms with Gasteiger partial charge in [-0.05, 0) is 6.07 Å². The molecule has 0 unspecified atom stereocenters. The van der Waals surface area contributed by atoms with Crippen molar-refractivity contribution in [3.63, 3.8) is 0 Å². The summed E-state index contributed by atoms with van der Waals surface area (Å²) < 4.78 is 0. The Morgan fingerprint density at radius 2 is 1.39 bits per heavy atom. The van der Waals surface area contributed by atoms with E-state index in [4.69, 9.17) is 0 Å². The molecule has 6 heteroatoms. The first-order valence-corrected chi connectivity index (χ1v) is 7.45. The van der Waals surface area contributed by atoms with Gasteiger partial charge < -0.3 is 10.6 Å². The predicted octanol–water partition coefficient (Wildman–Crippen LogP) is 2.00. The van der Waals surface area contributed by atoms with Gasteiger partial charge in [0.25, 0.3) is 5.69 Å². The fourth-order valence-electron chi connectivity index (χ4n) is 2.17. The summed E-state index contributed by atoms with van der Waals surface area (Å²) >= 11 is 0. The molecule has 0 saturated carbocycles. The van der Waals surface area contributed by atoms with Gasteiger partial charge in [0.1, 0.15) is 5.56 Å². The van der Waals surface area contributed by atoms with Gasteiger partial charge in [0.2, 0.25) is 0 Å². The lowest BCUT2D eigenvalue weighted by atomic mass is 10.0. The van der Waals surface area contributed by atoms with Crippen LogP contribution in [-0.4, -0.2) is 36.9 Å². The Morgan fingerprint density at radius 1 is 0.870 bits per heavy atom. The minimum absolute atomic E-state index is 0.115. The monoisotopic (exact) mass is 313 g/mol. The lowest BCUT2D eigenvalue weighted by Crippen LogP contribution is -2.39. The molecule has 0 bridgehead atoms. The zero-order chi connectivity index (χ0) is 16.5. The van der Waals surface area contributed by atoms with E-state index >= 15 is 0 Å². The van der Waals surface area contributed by atoms with Gasteiger partial charge in [-0.2, -0.15) is 0 Å². The minimum Gasteiger partial charge on any atom is -0.314 e. The number of carbonyl (C=O) groups excluding carboxylic acids is 1. The number of piperazine rings is 1. The zero-order valence-corrected chi connectivity index (χ0v) is 12.7. The fourth-order valence-corrected chi connectivity index (χ4v) is 2.17. The first-order valence-electron chi connectivity index (χ1n) is 7.45. The van der Waals surface area contributed by atoms with Gasteiger partial charge >= 0.3 is 0 Å². The fraction of sp³-hybridized carbons (Fsp3) is 0.235. The summed E-state index contributed by atoms with van der Waals surface area (Å²) in [5.74, 6) is -0.335. The second-order valence-electron chi connectivity index (χ2n) is 4.97. The van der Waals surface area contributed by atoms with Crippen molar-refractivity contribution in [3.8, 4) is 0 Å². The highest BCUT2D eigenvalue weighted by molar-refractivity contribution is 6.11. The third-order valence-corrected chi connectivity index (χ3v) is 3.34. The summed E-state index contributed by atoms with van der Waals surface area (Å²) in [5.41, 5.74) is 0.395. The summed E-state index contributed by atoms with van der Waals surface area (Å²) in [6.45, 7) is 4.56. The van der Waals surface area contributed by atoms with Gasteiger partial charge in [-0.25, -0.2) is 0 Å². The Balaban J connectivity index is 0.000000268. The van der Waals surface area contributed by atoms with Crippen LogP contribution in [0.3, 0.4) is 0 Å². The molecular formula is C17H19N3O3. The third kappa shape index (κ3) is 4.98. The first kappa shape index (κ1) is 16.8. The number of nitrogens with one attached hydrogen (secondary N) is 2. The van der Waals surface area contributed by atoms with Crippen LogP contribution < -0.4 is 10.6 Å². The molecule has 3 rings (SSSR count). The van der Waals surface area contributed by atoms with Crippen molar-refractivity contribution in [2.45, 2.75) is 0 Å². The number of rotatable bonds is 3. The van der Waals surface area contributed by atoms with E-state index in [2.05, 4.69) is 10.6 Å². The molecule has 0 aromatic heterocycles. The summed E-state index contributed by atoms with van der Waals surface area (Å²) in [5, 5.41) is 17.3. The first-order chi connectivity index (χ1) is 11.2. The van der Waals surface area contributed by atoms with Gasteiger partial charge in [0.15, 0.2) is 5.78 Å². The molecule has 0 radical (unpaired) electrons. The molecule has 2 aromatic carbocycles. The van der Waals surface area contributed by atoms with E-state index in [1.54, 1.807) is 42.5 Å². The van der Waals surface area contributed by atoms with Gasteiger partial charge in [-0.1, -0.05) is 42.5 Å². The van der Waals surface area contributed by atoms with Crippen LogP contribution in [0.25, 0.3) is 0 Å². The molecule has 1 saturated heterocycles. The van der Waals surface area contributed by atoms with E-state index in [0.29, 0.717) is 5.56 Å². The summed E-state index contributed by atoms with van der Waals surface area (Å²) in [7, 11) is 0. The van der Waals surface area contributed by atoms with Crippen LogP contribution in [0.1, 0.15) is 15.9 Å². The molecule has 1 aliphatic heterocycles. The van der Waals surface area contributed by atoms with Crippen LogP contribution in [0, 0.1) is 10.1 Å². The quantitative estimate of drug-likeness (QED) is 0.514. The van der Waals surface area contributed by atoms with Crippen LogP contribution in [0.15, 0.2) is 54.6 Å². The summed E-state index contributed by atoms with van der Waals surface area (Å²) in [6.07, 6.45) is 0. The van der Waals surface area contributed by atoms with Crippen molar-refractivity contribution in [1.29, 1.82) is 0 Å². The van der Waals surface area contributed by atoms with E-state index in [1.807, 2.05) is 0 Å². The molecule has 6 nitrogen and oxygen atoms in total. The highest BCUT2D eigenvalue weighted by Gasteiger charge is 2.19. The van der Waals surface area contributed by atoms with Crippen molar-refractivity contribution in [3.05, 3.63) is 75.8 Å². The number of carbonyl (C=O) groups is 1. The van der Waals surface area contributed by atoms with Crippen molar-refractivity contribution < 1.29 is 9.72 Å². The number of hydrogen-bond acceptors (Lipinski definition) is 5. The number of ketones is 1. The third-order valence-electron chi connectivity index (χ3n) is 3.34. The lowest BCUT2D eigenvalue weighted by molar-refractivity contribution is -0.385. The van der Waals surface area contributed by atoms with Crippen molar-refractivity contribution in [1.82, 2.24) is 10.6 Å². The van der Waals surface area contributed by atoms with Gasteiger partial charge in [-0.15, -0.1) is 0 Å². The van der Waals surface area contributed by atoms with Crippen LogP contribution in [-0.2, 0) is 0 Å². The van der Waals surface area contributed by atoms with Crippen LogP contribution >= 0.6 is 0 Å². The van der Waals surface area contributed by atoms with Crippen LogP contribution in [0.5, 0.6) is 0 Å². The molecule has 0 aliphatic carbocycles. The molecule has 120 valence electrons. The number of para-hydroxylation sites is 1. The van der Waals surface area contributed by atoms with Crippen molar-refractivity contribution in [2.75, 3.05) is 26.2 Å². The highest BCUT2D eigenvalue weighted by Crippen LogP contribution is 2.20. The maximum atomic E-state index is 12.1. The largest absolute Gasteiger partial charge is 0.314 e. The number of nitro groups is 1. The van der Waals surface area contributed by atoms with E-state index < -0.39 is 4.92 Å². The second kappa shape index (κ2) is 8.77. The number of nitrogens with zero attached hydrogens (tertiary/aromatic N) is 1. The standard InChI is InChI=1S/C13H9NO3.C4H10N2/c15-13(10-6-2-1-3-7-10)11-8-4-5-9-12(11)14(16)17;1-2-6-4-3-5-1/h1-9H;5-6H,1-4H2. The smallest absolute Gasteiger partial charge is 0.280 e. The Labute approximate surface area is 134 Å². The highest BCUT2D eigenvalue weighted by atomic mass is 16.6. The van der Waals surface area contributed by atoms with E-state index in [9.17, 15) is 14.9 Å². The van der Waals surface area contributed by atoms with Gasteiger partial charge in [0.05, 0.1) is 4.92 Å². The molecule has 0 amide bonds. The molecule has 2 aromatic rings. The van der Waals surface area contributed by atoms with Crippen LogP contribution in [0.2, 0.25) is 0 Å². The normalized spacial score (nSPS) is 13.6. The van der Waals surface area contributed by atoms with Crippen molar-refractivity contribution >= 4 is 11.5 Å². The molecule has 0 spiro atoms. The Bertz CT molecular complexity index is 644. The Kier molecular flexibility index (Phi) is 6.40. The van der Waals surface area contributed by atoms with Gasteiger partial charge in [-0.3, -0.25) is 14.9 Å². The second-order valence-corrected chi connectivity index (χ2v) is 4.97.